The van der Waals surface area contributed by atoms with Crippen LogP contribution in [-0.4, -0.2) is 0 Å². The molecule has 0 saturated carbocycles. The molecule has 0 N–H and O–H groups in total. The molecule has 0 aliphatic rings. The highest BCUT2D eigenvalue weighted by Crippen LogP contribution is 2.38. The van der Waals surface area contributed by atoms with E-state index in [1.165, 1.54) is 16.2 Å². The molecule has 0 aromatic heterocycles. The van der Waals surface area contributed by atoms with Gasteiger partial charge in [-0.05, 0) is 45.1 Å². The van der Waals surface area contributed by atoms with Crippen molar-refractivity contribution in [2.24, 2.45) is 0 Å². The van der Waals surface area contributed by atoms with Crippen molar-refractivity contribution in [3.8, 4) is 0 Å². The fourth-order valence-electron chi connectivity index (χ4n) is 2.75. The highest BCUT2D eigenvalue weighted by atomic mass is 35.5. The summed E-state index contributed by atoms with van der Waals surface area (Å²) in [7, 11) is 0. The standard InChI is InChI=1S/C16H8Cl2/c17-12-7-10-2-1-9-4-6-14(18)13-5-3-11(8-12)15(10)16(9)13/h1-8H. The quantitative estimate of drug-likeness (QED) is 0.350. The van der Waals surface area contributed by atoms with Gasteiger partial charge in [0.05, 0.1) is 0 Å². The number of halogens is 2. The van der Waals surface area contributed by atoms with Crippen LogP contribution >= 0.6 is 23.2 Å². The molecule has 0 aliphatic carbocycles. The summed E-state index contributed by atoms with van der Waals surface area (Å²) >= 11 is 12.4. The van der Waals surface area contributed by atoms with Crippen LogP contribution in [0.15, 0.2) is 48.5 Å². The number of benzene rings is 4. The summed E-state index contributed by atoms with van der Waals surface area (Å²) in [6.45, 7) is 0. The minimum Gasteiger partial charge on any atom is -0.0843 e. The third kappa shape index (κ3) is 1.28. The summed E-state index contributed by atoms with van der Waals surface area (Å²) in [5, 5.41) is 8.70. The molecule has 0 bridgehead atoms. The Morgan fingerprint density at radius 2 is 1.22 bits per heavy atom. The van der Waals surface area contributed by atoms with Crippen LogP contribution < -0.4 is 0 Å². The maximum Gasteiger partial charge on any atom is 0.0485 e. The van der Waals surface area contributed by atoms with E-state index in [9.17, 15) is 0 Å². The highest BCUT2D eigenvalue weighted by Gasteiger charge is 2.10. The summed E-state index contributed by atoms with van der Waals surface area (Å²) in [6.07, 6.45) is 0. The monoisotopic (exact) mass is 270 g/mol. The van der Waals surface area contributed by atoms with Crippen molar-refractivity contribution in [1.82, 2.24) is 0 Å². The van der Waals surface area contributed by atoms with Crippen molar-refractivity contribution in [3.63, 3.8) is 0 Å². The molecule has 4 aromatic rings. The lowest BCUT2D eigenvalue weighted by Gasteiger charge is -2.11. The molecular weight excluding hydrogens is 263 g/mol. The second-order valence-corrected chi connectivity index (χ2v) is 5.39. The van der Waals surface area contributed by atoms with Gasteiger partial charge in [0.2, 0.25) is 0 Å². The van der Waals surface area contributed by atoms with Gasteiger partial charge in [-0.25, -0.2) is 0 Å². The molecule has 0 saturated heterocycles. The third-order valence-corrected chi connectivity index (χ3v) is 4.06. The predicted molar refractivity (Wildman–Crippen MR) is 80.2 cm³/mol. The Morgan fingerprint density at radius 1 is 0.611 bits per heavy atom. The van der Waals surface area contributed by atoms with Crippen molar-refractivity contribution < 1.29 is 0 Å². The molecule has 0 spiro atoms. The van der Waals surface area contributed by atoms with E-state index in [4.69, 9.17) is 23.2 Å². The van der Waals surface area contributed by atoms with E-state index in [1.807, 2.05) is 18.2 Å². The van der Waals surface area contributed by atoms with E-state index < -0.39 is 0 Å². The van der Waals surface area contributed by atoms with E-state index in [0.717, 1.165) is 26.2 Å². The smallest absolute Gasteiger partial charge is 0.0485 e. The fraction of sp³-hybridized carbons (Fsp3) is 0. The predicted octanol–water partition coefficient (Wildman–Crippen LogP) is 5.89. The molecule has 0 radical (unpaired) electrons. The average molecular weight is 271 g/mol. The number of hydrogen-bond acceptors (Lipinski definition) is 0. The molecule has 86 valence electrons. The average Bonchev–Trinajstić information content (AvgIpc) is 2.37. The molecule has 4 aromatic carbocycles. The molecule has 0 atom stereocenters. The van der Waals surface area contributed by atoms with Crippen LogP contribution in [-0.2, 0) is 0 Å². The molecule has 0 amide bonds. The second kappa shape index (κ2) is 3.50. The highest BCUT2D eigenvalue weighted by molar-refractivity contribution is 6.39. The van der Waals surface area contributed by atoms with Gasteiger partial charge < -0.3 is 0 Å². The zero-order valence-corrected chi connectivity index (χ0v) is 10.9. The van der Waals surface area contributed by atoms with E-state index in [0.29, 0.717) is 0 Å². The van der Waals surface area contributed by atoms with Crippen LogP contribution in [0.25, 0.3) is 32.3 Å². The summed E-state index contributed by atoms with van der Waals surface area (Å²) in [5.41, 5.74) is 0. The van der Waals surface area contributed by atoms with E-state index >= 15 is 0 Å². The largest absolute Gasteiger partial charge is 0.0843 e. The van der Waals surface area contributed by atoms with E-state index in [1.54, 1.807) is 0 Å². The Morgan fingerprint density at radius 3 is 2.00 bits per heavy atom. The normalized spacial score (nSPS) is 11.9. The van der Waals surface area contributed by atoms with Crippen LogP contribution in [0.2, 0.25) is 10.0 Å². The first-order valence-corrected chi connectivity index (χ1v) is 6.52. The Kier molecular flexibility index (Phi) is 2.03. The van der Waals surface area contributed by atoms with Crippen LogP contribution in [0, 0.1) is 0 Å². The molecule has 0 aliphatic heterocycles. The van der Waals surface area contributed by atoms with E-state index in [2.05, 4.69) is 30.3 Å². The van der Waals surface area contributed by atoms with Crippen molar-refractivity contribution in [3.05, 3.63) is 58.6 Å². The van der Waals surface area contributed by atoms with Gasteiger partial charge in [-0.2, -0.15) is 0 Å². The minimum absolute atomic E-state index is 0.770. The first-order valence-electron chi connectivity index (χ1n) is 5.76. The number of rotatable bonds is 0. The zero-order valence-electron chi connectivity index (χ0n) is 9.37. The van der Waals surface area contributed by atoms with Gasteiger partial charge in [0.25, 0.3) is 0 Å². The molecule has 18 heavy (non-hydrogen) atoms. The van der Waals surface area contributed by atoms with Gasteiger partial charge >= 0.3 is 0 Å². The molecule has 0 fully saturated rings. The topological polar surface area (TPSA) is 0 Å². The Hall–Kier alpha value is -1.50. The summed E-state index contributed by atoms with van der Waals surface area (Å²) in [4.78, 5) is 0. The lowest BCUT2D eigenvalue weighted by Crippen LogP contribution is -1.84. The van der Waals surface area contributed by atoms with Crippen LogP contribution in [0.3, 0.4) is 0 Å². The van der Waals surface area contributed by atoms with Gasteiger partial charge in [0.1, 0.15) is 0 Å². The molecule has 0 unspecified atom stereocenters. The Bertz CT molecular complexity index is 875. The first-order chi connectivity index (χ1) is 8.74. The molecule has 4 rings (SSSR count). The molecule has 2 heteroatoms. The summed E-state index contributed by atoms with van der Waals surface area (Å²) in [5.74, 6) is 0. The Balaban J connectivity index is 2.44. The maximum atomic E-state index is 6.29. The van der Waals surface area contributed by atoms with Crippen LogP contribution in [0.5, 0.6) is 0 Å². The Labute approximate surface area is 114 Å². The lowest BCUT2D eigenvalue weighted by atomic mass is 9.94. The zero-order chi connectivity index (χ0) is 12.3. The van der Waals surface area contributed by atoms with E-state index in [-0.39, 0.29) is 0 Å². The van der Waals surface area contributed by atoms with Crippen molar-refractivity contribution in [2.75, 3.05) is 0 Å². The van der Waals surface area contributed by atoms with Gasteiger partial charge in [-0.15, -0.1) is 0 Å². The third-order valence-electron chi connectivity index (χ3n) is 3.51. The van der Waals surface area contributed by atoms with Gasteiger partial charge in [0, 0.05) is 15.4 Å². The van der Waals surface area contributed by atoms with Crippen molar-refractivity contribution >= 4 is 55.5 Å². The SMILES string of the molecule is Clc1cc2ccc3ccc(Cl)c4ccc(c1)c2c34. The van der Waals surface area contributed by atoms with Crippen molar-refractivity contribution in [2.45, 2.75) is 0 Å². The van der Waals surface area contributed by atoms with Gasteiger partial charge in [0.15, 0.2) is 0 Å². The number of hydrogen-bond donors (Lipinski definition) is 0. The molecular formula is C16H8Cl2. The van der Waals surface area contributed by atoms with Gasteiger partial charge in [-0.3, -0.25) is 0 Å². The first kappa shape index (κ1) is 10.4. The fourth-order valence-corrected chi connectivity index (χ4v) is 3.20. The molecule has 0 nitrogen and oxygen atoms in total. The van der Waals surface area contributed by atoms with Crippen LogP contribution in [0.4, 0.5) is 0 Å². The van der Waals surface area contributed by atoms with Gasteiger partial charge in [-0.1, -0.05) is 53.5 Å². The summed E-state index contributed by atoms with van der Waals surface area (Å²) < 4.78 is 0. The van der Waals surface area contributed by atoms with Crippen LogP contribution in [0.1, 0.15) is 0 Å². The minimum atomic E-state index is 0.770. The lowest BCUT2D eigenvalue weighted by molar-refractivity contribution is 1.78. The molecule has 0 heterocycles. The summed E-state index contributed by atoms with van der Waals surface area (Å²) in [6, 6.07) is 16.4. The second-order valence-electron chi connectivity index (χ2n) is 4.55. The maximum absolute atomic E-state index is 6.29. The van der Waals surface area contributed by atoms with Crippen molar-refractivity contribution in [1.29, 1.82) is 0 Å².